The molecule has 3 N–H and O–H groups in total. The molecule has 0 aromatic rings. The highest BCUT2D eigenvalue weighted by molar-refractivity contribution is 5.85. The van der Waals surface area contributed by atoms with Crippen LogP contribution in [0.1, 0.15) is 60.8 Å². The lowest BCUT2D eigenvalue weighted by atomic mass is 10.1. The Morgan fingerprint density at radius 1 is 1.43 bits per heavy atom. The molecule has 0 aromatic heterocycles. The molecule has 0 radical (unpaired) electrons. The van der Waals surface area contributed by atoms with E-state index < -0.39 is 5.66 Å². The van der Waals surface area contributed by atoms with Crippen molar-refractivity contribution < 1.29 is 9.53 Å². The third-order valence-corrected chi connectivity index (χ3v) is 6.18. The lowest BCUT2D eigenvalue weighted by molar-refractivity contribution is 0.132. The third kappa shape index (κ3) is 4.22. The minimum absolute atomic E-state index is 0.0108. The molecule has 2 rings (SSSR count). The first-order valence-electron chi connectivity index (χ1n) is 10.7. The topological polar surface area (TPSA) is 86.2 Å². The summed E-state index contributed by atoms with van der Waals surface area (Å²) in [4.78, 5) is 23.7. The number of carbonyl (C=O) groups excluding carboxylic acids is 1. The van der Waals surface area contributed by atoms with Crippen molar-refractivity contribution in [3.63, 3.8) is 0 Å². The zero-order valence-electron chi connectivity index (χ0n) is 18.7. The van der Waals surface area contributed by atoms with Crippen molar-refractivity contribution in [2.75, 3.05) is 26.7 Å². The summed E-state index contributed by atoms with van der Waals surface area (Å²) in [6.07, 6.45) is 2.50. The van der Waals surface area contributed by atoms with Crippen LogP contribution < -0.4 is 11.1 Å². The number of urea groups is 1. The Kier molecular flexibility index (Phi) is 7.56. The summed E-state index contributed by atoms with van der Waals surface area (Å²) in [6.45, 7) is 15.4. The largest absolute Gasteiger partial charge is 0.468 e. The van der Waals surface area contributed by atoms with E-state index in [0.717, 1.165) is 25.8 Å². The van der Waals surface area contributed by atoms with E-state index in [0.29, 0.717) is 31.2 Å². The van der Waals surface area contributed by atoms with E-state index in [1.165, 1.54) is 0 Å². The zero-order chi connectivity index (χ0) is 21.1. The molecule has 2 amide bonds. The van der Waals surface area contributed by atoms with Crippen molar-refractivity contribution in [2.45, 2.75) is 90.8 Å². The van der Waals surface area contributed by atoms with Crippen LogP contribution in [0.15, 0.2) is 4.99 Å². The van der Waals surface area contributed by atoms with Gasteiger partial charge in [-0.25, -0.2) is 9.79 Å². The van der Waals surface area contributed by atoms with Gasteiger partial charge in [0.25, 0.3) is 6.02 Å². The number of aliphatic imine (C=N–C) groups is 1. The predicted octanol–water partition coefficient (Wildman–Crippen LogP) is 2.01. The zero-order valence-corrected chi connectivity index (χ0v) is 18.7. The molecule has 0 saturated carbocycles. The first kappa shape index (κ1) is 22.7. The van der Waals surface area contributed by atoms with E-state index in [4.69, 9.17) is 10.5 Å². The highest BCUT2D eigenvalue weighted by Gasteiger charge is 2.70. The average Bonchev–Trinajstić information content (AvgIpc) is 3.10. The molecule has 2 aliphatic heterocycles. The number of amides is 2. The summed E-state index contributed by atoms with van der Waals surface area (Å²) in [5.74, 6) is 0. The maximum absolute atomic E-state index is 12.6. The lowest BCUT2D eigenvalue weighted by Crippen LogP contribution is -2.46. The van der Waals surface area contributed by atoms with Crippen molar-refractivity contribution in [3.05, 3.63) is 0 Å². The van der Waals surface area contributed by atoms with Crippen molar-refractivity contribution in [2.24, 2.45) is 10.7 Å². The maximum atomic E-state index is 12.6. The van der Waals surface area contributed by atoms with E-state index in [1.54, 1.807) is 7.11 Å². The van der Waals surface area contributed by atoms with Gasteiger partial charge >= 0.3 is 6.03 Å². The van der Waals surface area contributed by atoms with Gasteiger partial charge in [-0.1, -0.05) is 13.8 Å². The van der Waals surface area contributed by atoms with Gasteiger partial charge in [-0.3, -0.25) is 14.7 Å². The Bertz CT molecular complexity index is 569. The molecule has 1 unspecified atom stereocenters. The van der Waals surface area contributed by atoms with E-state index in [9.17, 15) is 4.79 Å². The normalized spacial score (nSPS) is 27.0. The Morgan fingerprint density at radius 2 is 2.11 bits per heavy atom. The molecular formula is C20H40N6O2. The third-order valence-electron chi connectivity index (χ3n) is 6.18. The van der Waals surface area contributed by atoms with Gasteiger partial charge in [-0.05, 0) is 53.5 Å². The van der Waals surface area contributed by atoms with Crippen LogP contribution in [0.2, 0.25) is 0 Å². The average molecular weight is 397 g/mol. The highest BCUT2D eigenvalue weighted by atomic mass is 16.5. The van der Waals surface area contributed by atoms with Gasteiger partial charge in [0, 0.05) is 18.6 Å². The fraction of sp³-hybridized carbons (Fsp3) is 0.900. The number of hydrogen-bond donors (Lipinski definition) is 2. The van der Waals surface area contributed by atoms with Crippen LogP contribution in [-0.4, -0.2) is 83.5 Å². The van der Waals surface area contributed by atoms with Gasteiger partial charge in [0.05, 0.1) is 19.7 Å². The number of rotatable bonds is 9. The second-order valence-electron chi connectivity index (χ2n) is 8.30. The second kappa shape index (κ2) is 9.31. The van der Waals surface area contributed by atoms with Crippen LogP contribution in [0.25, 0.3) is 0 Å². The van der Waals surface area contributed by atoms with Crippen molar-refractivity contribution >= 4 is 12.1 Å². The number of amidine groups is 1. The van der Waals surface area contributed by atoms with Gasteiger partial charge in [0.15, 0.2) is 5.66 Å². The summed E-state index contributed by atoms with van der Waals surface area (Å²) in [7, 11) is 1.61. The van der Waals surface area contributed by atoms with Gasteiger partial charge in [-0.15, -0.1) is 0 Å². The maximum Gasteiger partial charge on any atom is 0.319 e. The van der Waals surface area contributed by atoms with E-state index >= 15 is 0 Å². The van der Waals surface area contributed by atoms with Crippen LogP contribution >= 0.6 is 0 Å². The molecule has 0 aliphatic carbocycles. The Balaban J connectivity index is 2.12. The van der Waals surface area contributed by atoms with Crippen LogP contribution in [0.4, 0.5) is 4.79 Å². The van der Waals surface area contributed by atoms with Crippen molar-refractivity contribution in [1.82, 2.24) is 20.0 Å². The summed E-state index contributed by atoms with van der Waals surface area (Å²) in [5.41, 5.74) is 5.61. The van der Waals surface area contributed by atoms with Crippen LogP contribution in [-0.2, 0) is 4.74 Å². The van der Waals surface area contributed by atoms with Gasteiger partial charge in [0.1, 0.15) is 6.17 Å². The number of methoxy groups -OCH3 is 1. The van der Waals surface area contributed by atoms with Crippen LogP contribution in [0, 0.1) is 0 Å². The Labute approximate surface area is 170 Å². The summed E-state index contributed by atoms with van der Waals surface area (Å²) >= 11 is 0. The van der Waals surface area contributed by atoms with Crippen molar-refractivity contribution in [3.8, 4) is 0 Å². The summed E-state index contributed by atoms with van der Waals surface area (Å²) in [6, 6.07) is 1.56. The monoisotopic (exact) mass is 396 g/mol. The van der Waals surface area contributed by atoms with E-state index in [2.05, 4.69) is 54.7 Å². The van der Waals surface area contributed by atoms with E-state index in [1.807, 2.05) is 11.8 Å². The molecule has 0 bridgehead atoms. The highest BCUT2D eigenvalue weighted by Crippen LogP contribution is 2.46. The van der Waals surface area contributed by atoms with E-state index in [-0.39, 0.29) is 18.2 Å². The number of nitrogens with zero attached hydrogens (tertiary/aromatic N) is 4. The molecule has 162 valence electrons. The fourth-order valence-electron chi connectivity index (χ4n) is 4.43. The quantitative estimate of drug-likeness (QED) is 0.354. The smallest absolute Gasteiger partial charge is 0.319 e. The Morgan fingerprint density at radius 3 is 2.64 bits per heavy atom. The van der Waals surface area contributed by atoms with Crippen molar-refractivity contribution in [1.29, 1.82) is 0 Å². The Hall–Kier alpha value is -1.54. The first-order chi connectivity index (χ1) is 13.2. The number of ether oxygens (including phenoxy) is 1. The molecule has 2 heterocycles. The molecule has 2 aliphatic rings. The predicted molar refractivity (Wildman–Crippen MR) is 113 cm³/mol. The van der Waals surface area contributed by atoms with Crippen LogP contribution in [0.5, 0.6) is 0 Å². The number of nitrogens with two attached hydrogens (primary N) is 1. The standard InChI is InChI=1S/C20H40N6O2/c1-8-11-24(14(3)4)15(5)10-12-25-18(27)22-13-20(25)16(6)26(20)19(28-7)23-17(21)9-2/h14-17H,8-13,21H2,1-7H3,(H,22,27)/t15-,16+,17?,20+,26?/m0/s1. The molecule has 0 aromatic carbocycles. The molecule has 8 heteroatoms. The first-order valence-corrected chi connectivity index (χ1v) is 10.7. The molecule has 4 atom stereocenters. The van der Waals surface area contributed by atoms with Gasteiger partial charge < -0.3 is 15.8 Å². The summed E-state index contributed by atoms with van der Waals surface area (Å²) in [5, 5.41) is 3.02. The molecule has 1 spiro atoms. The second-order valence-corrected chi connectivity index (χ2v) is 8.30. The molecule has 28 heavy (non-hydrogen) atoms. The number of carbonyl (C=O) groups is 1. The fourth-order valence-corrected chi connectivity index (χ4v) is 4.43. The molecule has 2 saturated heterocycles. The number of hydrogen-bond acceptors (Lipinski definition) is 5. The minimum Gasteiger partial charge on any atom is -0.468 e. The lowest BCUT2D eigenvalue weighted by Gasteiger charge is -2.34. The summed E-state index contributed by atoms with van der Waals surface area (Å²) < 4.78 is 5.54. The molecule has 2 fully saturated rings. The van der Waals surface area contributed by atoms with Gasteiger partial charge in [-0.2, -0.15) is 0 Å². The van der Waals surface area contributed by atoms with Gasteiger partial charge in [0.2, 0.25) is 0 Å². The minimum atomic E-state index is -0.396. The molecule has 8 nitrogen and oxygen atoms in total. The van der Waals surface area contributed by atoms with Crippen LogP contribution in [0.3, 0.4) is 0 Å². The number of nitrogens with one attached hydrogen (secondary N) is 1. The molecular weight excluding hydrogens is 356 g/mol. The SMILES string of the molecule is CCCN(C(C)C)[C@@H](C)CCN1C(=O)NC[C@@]12[C@@H](C)N2C(=NC(N)CC)OC.